The molecule has 202 valence electrons. The molecule has 0 atom stereocenters. The molecule has 0 spiro atoms. The number of carbonyl (C=O) groups is 1. The molecular weight excluding hydrogens is 518 g/mol. The summed E-state index contributed by atoms with van der Waals surface area (Å²) in [5.41, 5.74) is 1.51. The lowest BCUT2D eigenvalue weighted by Crippen LogP contribution is -2.33. The number of hydrogen-bond acceptors (Lipinski definition) is 6. The lowest BCUT2D eigenvalue weighted by Gasteiger charge is -2.26. The first-order chi connectivity index (χ1) is 19.7. The number of rotatable bonds is 9. The van der Waals surface area contributed by atoms with Gasteiger partial charge in [-0.2, -0.15) is 0 Å². The smallest absolute Gasteiger partial charge is 0.343 e. The highest BCUT2D eigenvalue weighted by atomic mass is 32.1. The van der Waals surface area contributed by atoms with Crippen LogP contribution in [0.2, 0.25) is 0 Å². The van der Waals surface area contributed by atoms with Crippen molar-refractivity contribution < 1.29 is 19.0 Å². The van der Waals surface area contributed by atoms with Gasteiger partial charge in [-0.1, -0.05) is 36.8 Å². The number of nitrogens with zero attached hydrogens (tertiary/aromatic N) is 1. The van der Waals surface area contributed by atoms with Gasteiger partial charge >= 0.3 is 5.97 Å². The van der Waals surface area contributed by atoms with Crippen LogP contribution in [0.1, 0.15) is 29.6 Å². The van der Waals surface area contributed by atoms with Crippen molar-refractivity contribution in [3.05, 3.63) is 109 Å². The lowest BCUT2D eigenvalue weighted by atomic mass is 10.1. The van der Waals surface area contributed by atoms with E-state index in [1.165, 1.54) is 32.4 Å². The second-order valence-electron chi connectivity index (χ2n) is 9.86. The van der Waals surface area contributed by atoms with Gasteiger partial charge < -0.3 is 14.2 Å². The summed E-state index contributed by atoms with van der Waals surface area (Å²) in [4.78, 5) is 15.9. The molecule has 4 aromatic carbocycles. The zero-order valence-corrected chi connectivity index (χ0v) is 23.1. The number of fused-ring (bicyclic) bond motifs is 1. The van der Waals surface area contributed by atoms with Crippen LogP contribution in [0.15, 0.2) is 103 Å². The summed E-state index contributed by atoms with van der Waals surface area (Å²) in [5.74, 6) is 2.53. The largest absolute Gasteiger partial charge is 0.492 e. The fraction of sp³-hybridized carbons (Fsp3) is 0.206. The summed E-state index contributed by atoms with van der Waals surface area (Å²) >= 11 is 1.68. The number of carbonyl (C=O) groups excluding carboxylic acids is 1. The fourth-order valence-electron chi connectivity index (χ4n) is 4.93. The Kier molecular flexibility index (Phi) is 8.07. The summed E-state index contributed by atoms with van der Waals surface area (Å²) < 4.78 is 19.2. The summed E-state index contributed by atoms with van der Waals surface area (Å²) in [6, 6.07) is 32.7. The van der Waals surface area contributed by atoms with Crippen LogP contribution in [0.25, 0.3) is 20.5 Å². The number of likely N-dealkylation sites (tertiary alicyclic amines) is 1. The number of ether oxygens (including phenoxy) is 3. The lowest BCUT2D eigenvalue weighted by molar-refractivity contribution is 0.0734. The Bertz CT molecular complexity index is 1560. The zero-order valence-electron chi connectivity index (χ0n) is 22.3. The van der Waals surface area contributed by atoms with Crippen LogP contribution in [-0.2, 0) is 0 Å². The molecule has 1 aromatic heterocycles. The fourth-order valence-corrected chi connectivity index (χ4v) is 6.06. The molecule has 0 radical (unpaired) electrons. The van der Waals surface area contributed by atoms with Crippen LogP contribution in [0.3, 0.4) is 0 Å². The van der Waals surface area contributed by atoms with Gasteiger partial charge in [0, 0.05) is 16.6 Å². The highest BCUT2D eigenvalue weighted by Crippen LogP contribution is 2.46. The van der Waals surface area contributed by atoms with Gasteiger partial charge in [0.2, 0.25) is 0 Å². The Hall–Kier alpha value is -4.13. The van der Waals surface area contributed by atoms with Crippen molar-refractivity contribution in [2.75, 3.05) is 26.2 Å². The molecular formula is C34H31NO4S. The highest BCUT2D eigenvalue weighted by Gasteiger charge is 2.17. The molecule has 1 saturated heterocycles. The molecule has 0 unspecified atom stereocenters. The summed E-state index contributed by atoms with van der Waals surface area (Å²) in [6.07, 6.45) is 3.92. The third-order valence-electron chi connectivity index (χ3n) is 7.06. The minimum Gasteiger partial charge on any atom is -0.492 e. The summed E-state index contributed by atoms with van der Waals surface area (Å²) in [6.45, 7) is 4.01. The quantitative estimate of drug-likeness (QED) is 0.136. The maximum Gasteiger partial charge on any atom is 0.343 e. The Morgan fingerprint density at radius 1 is 0.725 bits per heavy atom. The van der Waals surface area contributed by atoms with Crippen molar-refractivity contribution in [1.29, 1.82) is 0 Å². The molecule has 0 bridgehead atoms. The molecule has 5 aromatic rings. The summed E-state index contributed by atoms with van der Waals surface area (Å²) in [7, 11) is 0. The predicted octanol–water partition coefficient (Wildman–Crippen LogP) is 8.44. The number of benzene rings is 4. The predicted molar refractivity (Wildman–Crippen MR) is 161 cm³/mol. The first-order valence-corrected chi connectivity index (χ1v) is 14.6. The molecule has 2 heterocycles. The third-order valence-corrected chi connectivity index (χ3v) is 8.26. The number of esters is 1. The van der Waals surface area contributed by atoms with Gasteiger partial charge in [0.25, 0.3) is 0 Å². The number of hydrogen-bond donors (Lipinski definition) is 0. The van der Waals surface area contributed by atoms with Crippen LogP contribution < -0.4 is 14.2 Å². The van der Waals surface area contributed by atoms with Crippen molar-refractivity contribution in [2.24, 2.45) is 0 Å². The molecule has 0 N–H and O–H groups in total. The number of piperidine rings is 1. The topological polar surface area (TPSA) is 48.0 Å². The van der Waals surface area contributed by atoms with Crippen molar-refractivity contribution in [1.82, 2.24) is 4.90 Å². The van der Waals surface area contributed by atoms with Crippen molar-refractivity contribution in [3.63, 3.8) is 0 Å². The third kappa shape index (κ3) is 6.19. The molecule has 0 aliphatic carbocycles. The second-order valence-corrected chi connectivity index (χ2v) is 10.9. The molecule has 6 rings (SSSR count). The van der Waals surface area contributed by atoms with E-state index >= 15 is 0 Å². The van der Waals surface area contributed by atoms with Gasteiger partial charge in [-0.25, -0.2) is 4.79 Å². The van der Waals surface area contributed by atoms with Crippen molar-refractivity contribution >= 4 is 27.4 Å². The Labute approximate surface area is 238 Å². The van der Waals surface area contributed by atoms with Gasteiger partial charge in [-0.3, -0.25) is 4.90 Å². The normalized spacial score (nSPS) is 13.7. The number of thiophene rings is 1. The Morgan fingerprint density at radius 3 is 2.17 bits per heavy atom. The Morgan fingerprint density at radius 2 is 1.40 bits per heavy atom. The molecule has 1 fully saturated rings. The molecule has 0 saturated carbocycles. The van der Waals surface area contributed by atoms with E-state index in [2.05, 4.69) is 17.0 Å². The SMILES string of the molecule is O=C(Oc1ccc(-c2sc3ccccc3c2Oc2ccc(OCCN3CCCCC3)cc2)cc1)c1ccccc1. The van der Waals surface area contributed by atoms with E-state index in [1.54, 1.807) is 23.5 Å². The van der Waals surface area contributed by atoms with Crippen molar-refractivity contribution in [2.45, 2.75) is 19.3 Å². The van der Waals surface area contributed by atoms with Gasteiger partial charge in [0.05, 0.1) is 10.4 Å². The molecule has 6 heteroatoms. The molecule has 40 heavy (non-hydrogen) atoms. The van der Waals surface area contributed by atoms with Gasteiger partial charge in [0.1, 0.15) is 23.9 Å². The minimum absolute atomic E-state index is 0.377. The maximum absolute atomic E-state index is 12.4. The zero-order chi connectivity index (χ0) is 27.1. The van der Waals surface area contributed by atoms with Crippen molar-refractivity contribution in [3.8, 4) is 33.4 Å². The first-order valence-electron chi connectivity index (χ1n) is 13.8. The molecule has 0 amide bonds. The van der Waals surface area contributed by atoms with E-state index in [0.717, 1.165) is 44.3 Å². The van der Waals surface area contributed by atoms with E-state index < -0.39 is 0 Å². The standard InChI is InChI=1S/C34H31NO4S/c36-34(26-9-3-1-4-10-26)39-29-15-13-25(14-16-29)33-32(30-11-5-6-12-31(30)40-33)38-28-19-17-27(18-20-28)37-24-23-35-21-7-2-8-22-35/h1,3-6,9-20H,2,7-8,21-24H2. The first kappa shape index (κ1) is 26.1. The maximum atomic E-state index is 12.4. The van der Waals surface area contributed by atoms with E-state index in [9.17, 15) is 4.79 Å². The second kappa shape index (κ2) is 12.4. The molecule has 5 nitrogen and oxygen atoms in total. The average molecular weight is 550 g/mol. The van der Waals surface area contributed by atoms with Crippen LogP contribution >= 0.6 is 11.3 Å². The highest BCUT2D eigenvalue weighted by molar-refractivity contribution is 7.22. The average Bonchev–Trinajstić information content (AvgIpc) is 3.37. The van der Waals surface area contributed by atoms with E-state index in [1.807, 2.05) is 78.9 Å². The van der Waals surface area contributed by atoms with Crippen LogP contribution in [0.4, 0.5) is 0 Å². The van der Waals surface area contributed by atoms with E-state index in [-0.39, 0.29) is 5.97 Å². The van der Waals surface area contributed by atoms with Gasteiger partial charge in [-0.15, -0.1) is 11.3 Å². The van der Waals surface area contributed by atoms with Gasteiger partial charge in [0.15, 0.2) is 5.75 Å². The molecule has 1 aliphatic heterocycles. The summed E-state index contributed by atoms with van der Waals surface area (Å²) in [5, 5.41) is 1.06. The van der Waals surface area contributed by atoms with Crippen LogP contribution in [-0.4, -0.2) is 37.1 Å². The van der Waals surface area contributed by atoms with Gasteiger partial charge in [-0.05, 0) is 104 Å². The molecule has 1 aliphatic rings. The Balaban J connectivity index is 1.16. The van der Waals surface area contributed by atoms with Crippen LogP contribution in [0.5, 0.6) is 23.0 Å². The minimum atomic E-state index is -0.377. The van der Waals surface area contributed by atoms with E-state index in [4.69, 9.17) is 14.2 Å². The monoisotopic (exact) mass is 549 g/mol. The van der Waals surface area contributed by atoms with E-state index in [0.29, 0.717) is 17.9 Å². The van der Waals surface area contributed by atoms with Crippen LogP contribution in [0, 0.1) is 0 Å².